The molecule has 27 heavy (non-hydrogen) atoms. The third-order valence-electron chi connectivity index (χ3n) is 4.17. The van der Waals surface area contributed by atoms with Crippen LogP contribution in [0.2, 0.25) is 0 Å². The van der Waals surface area contributed by atoms with Crippen molar-refractivity contribution in [2.75, 3.05) is 17.1 Å². The highest BCUT2D eigenvalue weighted by atomic mass is 32.2. The summed E-state index contributed by atoms with van der Waals surface area (Å²) in [5, 5.41) is 12.4. The number of fused-ring (bicyclic) bond motifs is 1. The average molecular weight is 389 g/mol. The van der Waals surface area contributed by atoms with Crippen LogP contribution in [-0.4, -0.2) is 32.3 Å². The van der Waals surface area contributed by atoms with E-state index in [9.17, 15) is 18.3 Å². The molecule has 0 radical (unpaired) electrons. The normalized spacial score (nSPS) is 11.5. The summed E-state index contributed by atoms with van der Waals surface area (Å²) in [5.74, 6) is -1.89. The fourth-order valence-corrected chi connectivity index (χ4v) is 3.52. The number of aromatic hydroxyl groups is 1. The van der Waals surface area contributed by atoms with Crippen molar-refractivity contribution < 1.29 is 27.5 Å². The highest BCUT2D eigenvalue weighted by molar-refractivity contribution is 7.92. The third-order valence-corrected chi connectivity index (χ3v) is 5.90. The summed E-state index contributed by atoms with van der Waals surface area (Å²) in [6.45, 7) is 2.63. The molecule has 142 valence electrons. The molecule has 0 atom stereocenters. The van der Waals surface area contributed by atoms with Crippen molar-refractivity contribution in [3.8, 4) is 22.8 Å². The van der Waals surface area contributed by atoms with Crippen molar-refractivity contribution >= 4 is 32.6 Å². The van der Waals surface area contributed by atoms with Gasteiger partial charge in [0.15, 0.2) is 5.76 Å². The van der Waals surface area contributed by atoms with Gasteiger partial charge in [-0.15, -0.1) is 0 Å². The zero-order valence-corrected chi connectivity index (χ0v) is 15.9. The molecule has 0 fully saturated rings. The molecule has 0 aliphatic rings. The first-order valence-corrected chi connectivity index (χ1v) is 9.86. The second-order valence-corrected chi connectivity index (χ2v) is 8.19. The van der Waals surface area contributed by atoms with E-state index in [0.717, 1.165) is 22.0 Å². The summed E-state index contributed by atoms with van der Waals surface area (Å²) < 4.78 is 36.1. The van der Waals surface area contributed by atoms with Gasteiger partial charge >= 0.3 is 5.97 Å². The SMILES string of the molecule is CCS(=O)(=O)N(C)c1oc(-c2cccc3ccccc23)c(O)c1OC(C)=O. The molecule has 8 heteroatoms. The lowest BCUT2D eigenvalue weighted by molar-refractivity contribution is -0.132. The van der Waals surface area contributed by atoms with Crippen molar-refractivity contribution in [2.24, 2.45) is 0 Å². The first kappa shape index (κ1) is 18.8. The Morgan fingerprint density at radius 2 is 1.85 bits per heavy atom. The van der Waals surface area contributed by atoms with Gasteiger partial charge < -0.3 is 14.3 Å². The maximum absolute atomic E-state index is 12.3. The van der Waals surface area contributed by atoms with Gasteiger partial charge in [0.05, 0.1) is 5.75 Å². The summed E-state index contributed by atoms with van der Waals surface area (Å²) in [6, 6.07) is 12.9. The Balaban J connectivity index is 2.27. The molecule has 0 unspecified atom stereocenters. The average Bonchev–Trinajstić information content (AvgIpc) is 2.96. The molecule has 0 aliphatic carbocycles. The molecule has 0 saturated heterocycles. The molecule has 3 aromatic rings. The minimum atomic E-state index is -3.70. The van der Waals surface area contributed by atoms with Gasteiger partial charge in [0, 0.05) is 19.5 Å². The Morgan fingerprint density at radius 1 is 1.19 bits per heavy atom. The van der Waals surface area contributed by atoms with E-state index < -0.39 is 21.7 Å². The first-order chi connectivity index (χ1) is 12.8. The van der Waals surface area contributed by atoms with E-state index in [-0.39, 0.29) is 23.1 Å². The Morgan fingerprint density at radius 3 is 2.52 bits per heavy atom. The van der Waals surface area contributed by atoms with Gasteiger partial charge in [-0.25, -0.2) is 12.7 Å². The molecule has 1 heterocycles. The topological polar surface area (TPSA) is 97.1 Å². The molecule has 3 rings (SSSR count). The number of ether oxygens (including phenoxy) is 1. The van der Waals surface area contributed by atoms with Crippen molar-refractivity contribution in [3.63, 3.8) is 0 Å². The highest BCUT2D eigenvalue weighted by Crippen LogP contribution is 2.49. The van der Waals surface area contributed by atoms with Crippen LogP contribution >= 0.6 is 0 Å². The number of carbonyl (C=O) groups excluding carboxylic acids is 1. The minimum Gasteiger partial charge on any atom is -0.502 e. The van der Waals surface area contributed by atoms with Gasteiger partial charge in [-0.1, -0.05) is 42.5 Å². The molecule has 0 spiro atoms. The molecular weight excluding hydrogens is 370 g/mol. The number of hydrogen-bond donors (Lipinski definition) is 1. The fraction of sp³-hybridized carbons (Fsp3) is 0.211. The number of benzene rings is 2. The number of rotatable bonds is 5. The highest BCUT2D eigenvalue weighted by Gasteiger charge is 2.31. The van der Waals surface area contributed by atoms with Crippen LogP contribution in [0.25, 0.3) is 22.1 Å². The van der Waals surface area contributed by atoms with Crippen molar-refractivity contribution in [2.45, 2.75) is 13.8 Å². The van der Waals surface area contributed by atoms with Crippen LogP contribution in [0.3, 0.4) is 0 Å². The smallest absolute Gasteiger partial charge is 0.308 e. The van der Waals surface area contributed by atoms with E-state index in [1.54, 1.807) is 12.1 Å². The second kappa shape index (κ2) is 6.96. The van der Waals surface area contributed by atoms with E-state index in [1.807, 2.05) is 30.3 Å². The van der Waals surface area contributed by atoms with Crippen molar-refractivity contribution in [1.29, 1.82) is 0 Å². The van der Waals surface area contributed by atoms with Gasteiger partial charge in [-0.2, -0.15) is 0 Å². The maximum Gasteiger partial charge on any atom is 0.308 e. The molecular formula is C19H19NO6S. The quantitative estimate of drug-likeness (QED) is 0.671. The largest absolute Gasteiger partial charge is 0.502 e. The molecule has 1 N–H and O–H groups in total. The number of esters is 1. The van der Waals surface area contributed by atoms with Crippen LogP contribution in [0, 0.1) is 0 Å². The van der Waals surface area contributed by atoms with Crippen LogP contribution in [0.15, 0.2) is 46.9 Å². The summed E-state index contributed by atoms with van der Waals surface area (Å²) in [4.78, 5) is 11.5. The summed E-state index contributed by atoms with van der Waals surface area (Å²) in [7, 11) is -2.43. The predicted molar refractivity (Wildman–Crippen MR) is 102 cm³/mol. The van der Waals surface area contributed by atoms with E-state index in [1.165, 1.54) is 14.0 Å². The monoisotopic (exact) mass is 389 g/mol. The standard InChI is InChI=1S/C19H19NO6S/c1-4-27(23,24)20(3)19-18(25-12(2)21)16(22)17(26-19)15-11-7-9-13-8-5-6-10-14(13)15/h5-11,22H,4H2,1-3H3. The maximum atomic E-state index is 12.3. The van der Waals surface area contributed by atoms with E-state index in [4.69, 9.17) is 9.15 Å². The van der Waals surface area contributed by atoms with Gasteiger partial charge in [-0.3, -0.25) is 4.79 Å². The Hall–Kier alpha value is -3.00. The van der Waals surface area contributed by atoms with Crippen LogP contribution in [0.5, 0.6) is 11.5 Å². The first-order valence-electron chi connectivity index (χ1n) is 8.25. The third kappa shape index (κ3) is 3.35. The number of hydrogen-bond acceptors (Lipinski definition) is 6. The summed E-state index contributed by atoms with van der Waals surface area (Å²) in [5.41, 5.74) is 0.549. The van der Waals surface area contributed by atoms with Gasteiger partial charge in [0.25, 0.3) is 5.88 Å². The minimum absolute atomic E-state index is 0.0243. The van der Waals surface area contributed by atoms with Gasteiger partial charge in [0.2, 0.25) is 21.5 Å². The van der Waals surface area contributed by atoms with E-state index in [0.29, 0.717) is 5.56 Å². The van der Waals surface area contributed by atoms with E-state index in [2.05, 4.69) is 0 Å². The number of furan rings is 1. The zero-order chi connectivity index (χ0) is 19.8. The molecule has 1 aromatic heterocycles. The molecule has 7 nitrogen and oxygen atoms in total. The number of anilines is 1. The summed E-state index contributed by atoms with van der Waals surface area (Å²) >= 11 is 0. The van der Waals surface area contributed by atoms with Crippen LogP contribution in [0.1, 0.15) is 13.8 Å². The Kier molecular flexibility index (Phi) is 4.84. The Labute approximate surface area is 156 Å². The van der Waals surface area contributed by atoms with Crippen molar-refractivity contribution in [1.82, 2.24) is 0 Å². The number of nitrogens with zero attached hydrogens (tertiary/aromatic N) is 1. The molecule has 0 saturated carbocycles. The van der Waals surface area contributed by atoms with Crippen LogP contribution in [-0.2, 0) is 14.8 Å². The number of sulfonamides is 1. The van der Waals surface area contributed by atoms with E-state index >= 15 is 0 Å². The predicted octanol–water partition coefficient (Wildman–Crippen LogP) is 3.52. The second-order valence-electron chi connectivity index (χ2n) is 5.90. The van der Waals surface area contributed by atoms with Gasteiger partial charge in [0.1, 0.15) is 0 Å². The zero-order valence-electron chi connectivity index (χ0n) is 15.1. The molecule has 2 aromatic carbocycles. The van der Waals surface area contributed by atoms with Crippen LogP contribution < -0.4 is 9.04 Å². The van der Waals surface area contributed by atoms with Crippen LogP contribution in [0.4, 0.5) is 5.88 Å². The lowest BCUT2D eigenvalue weighted by Gasteiger charge is -2.16. The lowest BCUT2D eigenvalue weighted by atomic mass is 10.0. The molecule has 0 bridgehead atoms. The lowest BCUT2D eigenvalue weighted by Crippen LogP contribution is -2.28. The molecule has 0 aliphatic heterocycles. The fourth-order valence-electron chi connectivity index (χ4n) is 2.76. The van der Waals surface area contributed by atoms with Crippen molar-refractivity contribution in [3.05, 3.63) is 42.5 Å². The summed E-state index contributed by atoms with van der Waals surface area (Å²) in [6.07, 6.45) is 0. The molecule has 0 amide bonds. The number of carbonyl (C=O) groups is 1. The Bertz CT molecular complexity index is 1110. The van der Waals surface area contributed by atoms with Gasteiger partial charge in [-0.05, 0) is 17.7 Å².